The van der Waals surface area contributed by atoms with Crippen LogP contribution in [0.2, 0.25) is 0 Å². The lowest BCUT2D eigenvalue weighted by Crippen LogP contribution is -2.01. The zero-order valence-electron chi connectivity index (χ0n) is 10.7. The van der Waals surface area contributed by atoms with Crippen LogP contribution < -0.4 is 5.63 Å². The van der Waals surface area contributed by atoms with E-state index in [1.165, 1.54) is 5.56 Å². The lowest BCUT2D eigenvalue weighted by Gasteiger charge is -2.06. The Bertz CT molecular complexity index is 770. The van der Waals surface area contributed by atoms with Crippen molar-refractivity contribution in [1.29, 1.82) is 0 Å². The number of fused-ring (bicyclic) bond motifs is 1. The highest BCUT2D eigenvalue weighted by atomic mass is 16.4. The van der Waals surface area contributed by atoms with Crippen LogP contribution in [0.4, 0.5) is 0 Å². The molecule has 0 amide bonds. The van der Waals surface area contributed by atoms with Gasteiger partial charge in [-0.1, -0.05) is 42.0 Å². The van der Waals surface area contributed by atoms with Crippen molar-refractivity contribution >= 4 is 11.0 Å². The van der Waals surface area contributed by atoms with Crippen LogP contribution in [0, 0.1) is 6.92 Å². The van der Waals surface area contributed by atoms with E-state index in [0.29, 0.717) is 5.58 Å². The summed E-state index contributed by atoms with van der Waals surface area (Å²) in [5.41, 5.74) is 3.74. The van der Waals surface area contributed by atoms with Crippen molar-refractivity contribution in [3.05, 3.63) is 81.7 Å². The summed E-state index contributed by atoms with van der Waals surface area (Å²) in [6.07, 6.45) is 0.742. The highest BCUT2D eigenvalue weighted by Gasteiger charge is 2.06. The van der Waals surface area contributed by atoms with Gasteiger partial charge < -0.3 is 4.42 Å². The van der Waals surface area contributed by atoms with Crippen molar-refractivity contribution in [2.45, 2.75) is 13.3 Å². The van der Waals surface area contributed by atoms with Crippen molar-refractivity contribution < 1.29 is 4.42 Å². The molecule has 0 fully saturated rings. The molecule has 2 nitrogen and oxygen atoms in total. The summed E-state index contributed by atoms with van der Waals surface area (Å²) in [5, 5.41) is 1.02. The molecule has 1 aromatic heterocycles. The van der Waals surface area contributed by atoms with E-state index in [1.54, 1.807) is 6.07 Å². The van der Waals surface area contributed by atoms with Gasteiger partial charge in [-0.25, -0.2) is 4.79 Å². The Hall–Kier alpha value is -2.35. The van der Waals surface area contributed by atoms with Gasteiger partial charge in [0.1, 0.15) is 5.58 Å². The van der Waals surface area contributed by atoms with E-state index in [9.17, 15) is 4.79 Å². The molecule has 94 valence electrons. The molecule has 0 saturated heterocycles. The minimum Gasteiger partial charge on any atom is -0.423 e. The molecule has 0 aliphatic carbocycles. The Morgan fingerprint density at radius 1 is 1.00 bits per heavy atom. The molecular formula is C17H14O2. The molecule has 0 N–H and O–H groups in total. The minimum absolute atomic E-state index is 0.290. The molecule has 0 saturated carbocycles. The first kappa shape index (κ1) is 11.7. The van der Waals surface area contributed by atoms with Gasteiger partial charge in [0, 0.05) is 11.5 Å². The summed E-state index contributed by atoms with van der Waals surface area (Å²) in [5.74, 6) is 0. The third kappa shape index (κ3) is 2.43. The Kier molecular flexibility index (Phi) is 2.92. The summed E-state index contributed by atoms with van der Waals surface area (Å²) in [6.45, 7) is 2.04. The van der Waals surface area contributed by atoms with Gasteiger partial charge in [-0.2, -0.15) is 0 Å². The van der Waals surface area contributed by atoms with Crippen LogP contribution in [-0.4, -0.2) is 0 Å². The van der Waals surface area contributed by atoms with Crippen molar-refractivity contribution in [2.24, 2.45) is 0 Å². The van der Waals surface area contributed by atoms with Crippen LogP contribution in [0.25, 0.3) is 11.0 Å². The molecule has 0 atom stereocenters. The minimum atomic E-state index is -0.290. The van der Waals surface area contributed by atoms with Gasteiger partial charge in [0.05, 0.1) is 0 Å². The highest BCUT2D eigenvalue weighted by Crippen LogP contribution is 2.21. The molecule has 2 aromatic carbocycles. The van der Waals surface area contributed by atoms with Crippen LogP contribution in [0.15, 0.2) is 63.8 Å². The fourth-order valence-electron chi connectivity index (χ4n) is 2.30. The molecule has 1 heterocycles. The monoisotopic (exact) mass is 250 g/mol. The third-order valence-corrected chi connectivity index (χ3v) is 3.22. The van der Waals surface area contributed by atoms with Crippen LogP contribution in [0.1, 0.15) is 16.7 Å². The summed E-state index contributed by atoms with van der Waals surface area (Å²) in [4.78, 5) is 11.6. The number of aryl methyl sites for hydroxylation is 1. The van der Waals surface area contributed by atoms with Crippen LogP contribution >= 0.6 is 0 Å². The van der Waals surface area contributed by atoms with E-state index >= 15 is 0 Å². The predicted molar refractivity (Wildman–Crippen MR) is 76.5 cm³/mol. The van der Waals surface area contributed by atoms with Gasteiger partial charge in [0.2, 0.25) is 0 Å². The number of benzene rings is 2. The predicted octanol–water partition coefficient (Wildman–Crippen LogP) is 3.69. The molecule has 0 spiro atoms. The Labute approximate surface area is 111 Å². The fraction of sp³-hybridized carbons (Fsp3) is 0.118. The second-order valence-electron chi connectivity index (χ2n) is 4.75. The molecule has 3 aromatic rings. The maximum Gasteiger partial charge on any atom is 0.336 e. The first-order valence-electron chi connectivity index (χ1n) is 6.30. The first-order valence-corrected chi connectivity index (χ1v) is 6.30. The number of hydrogen-bond donors (Lipinski definition) is 0. The van der Waals surface area contributed by atoms with Gasteiger partial charge in [0.15, 0.2) is 0 Å². The smallest absolute Gasteiger partial charge is 0.336 e. The van der Waals surface area contributed by atoms with E-state index in [2.05, 4.69) is 18.2 Å². The zero-order valence-corrected chi connectivity index (χ0v) is 10.7. The maximum atomic E-state index is 11.6. The summed E-state index contributed by atoms with van der Waals surface area (Å²) in [6, 6.07) is 17.6. The molecule has 0 radical (unpaired) electrons. The van der Waals surface area contributed by atoms with Gasteiger partial charge in [-0.15, -0.1) is 0 Å². The van der Waals surface area contributed by atoms with E-state index in [-0.39, 0.29) is 5.63 Å². The molecule has 19 heavy (non-hydrogen) atoms. The topological polar surface area (TPSA) is 30.2 Å². The molecule has 3 rings (SSSR count). The standard InChI is InChI=1S/C17H14O2/c1-12-7-8-16-15(9-12)14(11-17(18)19-16)10-13-5-3-2-4-6-13/h2-9,11H,10H2,1H3. The Morgan fingerprint density at radius 3 is 2.58 bits per heavy atom. The average Bonchev–Trinajstić information content (AvgIpc) is 2.41. The number of hydrogen-bond acceptors (Lipinski definition) is 2. The maximum absolute atomic E-state index is 11.6. The second-order valence-corrected chi connectivity index (χ2v) is 4.75. The number of rotatable bonds is 2. The summed E-state index contributed by atoms with van der Waals surface area (Å²) >= 11 is 0. The van der Waals surface area contributed by atoms with Gasteiger partial charge in [-0.05, 0) is 36.6 Å². The van der Waals surface area contributed by atoms with E-state index in [1.807, 2.05) is 37.3 Å². The zero-order chi connectivity index (χ0) is 13.2. The first-order chi connectivity index (χ1) is 9.22. The normalized spacial score (nSPS) is 10.8. The fourth-order valence-corrected chi connectivity index (χ4v) is 2.30. The van der Waals surface area contributed by atoms with Crippen LogP contribution in [-0.2, 0) is 6.42 Å². The van der Waals surface area contributed by atoms with Crippen molar-refractivity contribution in [2.75, 3.05) is 0 Å². The second kappa shape index (κ2) is 4.73. The van der Waals surface area contributed by atoms with Crippen LogP contribution in [0.5, 0.6) is 0 Å². The van der Waals surface area contributed by atoms with E-state index in [0.717, 1.165) is 22.9 Å². The quantitative estimate of drug-likeness (QED) is 0.649. The Balaban J connectivity index is 2.17. The molecule has 0 aliphatic heterocycles. The summed E-state index contributed by atoms with van der Waals surface area (Å²) in [7, 11) is 0. The van der Waals surface area contributed by atoms with Gasteiger partial charge >= 0.3 is 5.63 Å². The van der Waals surface area contributed by atoms with E-state index in [4.69, 9.17) is 4.42 Å². The summed E-state index contributed by atoms with van der Waals surface area (Å²) < 4.78 is 5.24. The molecule has 0 aliphatic rings. The average molecular weight is 250 g/mol. The molecule has 0 unspecified atom stereocenters. The Morgan fingerprint density at radius 2 is 1.79 bits per heavy atom. The molecule has 0 bridgehead atoms. The molecule has 2 heteroatoms. The van der Waals surface area contributed by atoms with Gasteiger partial charge in [-0.3, -0.25) is 0 Å². The highest BCUT2D eigenvalue weighted by molar-refractivity contribution is 5.81. The lowest BCUT2D eigenvalue weighted by atomic mass is 10.0. The van der Waals surface area contributed by atoms with Crippen molar-refractivity contribution in [3.8, 4) is 0 Å². The third-order valence-electron chi connectivity index (χ3n) is 3.22. The van der Waals surface area contributed by atoms with Crippen LogP contribution in [0.3, 0.4) is 0 Å². The van der Waals surface area contributed by atoms with Crippen molar-refractivity contribution in [1.82, 2.24) is 0 Å². The van der Waals surface area contributed by atoms with Crippen molar-refractivity contribution in [3.63, 3.8) is 0 Å². The van der Waals surface area contributed by atoms with Gasteiger partial charge in [0.25, 0.3) is 0 Å². The lowest BCUT2D eigenvalue weighted by molar-refractivity contribution is 0.559. The largest absolute Gasteiger partial charge is 0.423 e. The van der Waals surface area contributed by atoms with E-state index < -0.39 is 0 Å². The SMILES string of the molecule is Cc1ccc2oc(=O)cc(Cc3ccccc3)c2c1. The molecular weight excluding hydrogens is 236 g/mol.